The maximum absolute atomic E-state index is 12.9. The molecule has 2 aromatic carbocycles. The SMILES string of the molecule is Cc1ccccc1CN1CCN(C(=O)c2cccc(OCc3cscn3)c2)CC1. The van der Waals surface area contributed by atoms with Crippen LogP contribution in [-0.4, -0.2) is 46.9 Å². The first kappa shape index (κ1) is 19.6. The third-order valence-corrected chi connectivity index (χ3v) is 5.90. The number of hydrogen-bond donors (Lipinski definition) is 0. The van der Waals surface area contributed by atoms with Crippen molar-refractivity contribution in [2.24, 2.45) is 0 Å². The van der Waals surface area contributed by atoms with E-state index in [4.69, 9.17) is 4.74 Å². The molecule has 1 amide bonds. The molecule has 1 aliphatic heterocycles. The number of hydrogen-bond acceptors (Lipinski definition) is 5. The van der Waals surface area contributed by atoms with Crippen molar-refractivity contribution in [3.8, 4) is 5.75 Å². The van der Waals surface area contributed by atoms with Gasteiger partial charge in [0.05, 0.1) is 11.2 Å². The van der Waals surface area contributed by atoms with Crippen LogP contribution in [0.3, 0.4) is 0 Å². The summed E-state index contributed by atoms with van der Waals surface area (Å²) in [7, 11) is 0. The number of rotatable bonds is 6. The van der Waals surface area contributed by atoms with E-state index in [9.17, 15) is 4.79 Å². The number of carbonyl (C=O) groups is 1. The fourth-order valence-corrected chi connectivity index (χ4v) is 4.05. The molecule has 0 aliphatic carbocycles. The van der Waals surface area contributed by atoms with Gasteiger partial charge in [-0.2, -0.15) is 0 Å². The average molecular weight is 408 g/mol. The second kappa shape index (κ2) is 9.20. The maximum Gasteiger partial charge on any atom is 0.254 e. The predicted octanol–water partition coefficient (Wildman–Crippen LogP) is 3.99. The van der Waals surface area contributed by atoms with E-state index >= 15 is 0 Å². The Morgan fingerprint density at radius 2 is 1.93 bits per heavy atom. The van der Waals surface area contributed by atoms with Gasteiger partial charge in [0.2, 0.25) is 0 Å². The first-order chi connectivity index (χ1) is 14.2. The molecule has 6 heteroatoms. The molecular weight excluding hydrogens is 382 g/mol. The number of ether oxygens (including phenoxy) is 1. The highest BCUT2D eigenvalue weighted by atomic mass is 32.1. The van der Waals surface area contributed by atoms with E-state index in [1.54, 1.807) is 16.8 Å². The van der Waals surface area contributed by atoms with Gasteiger partial charge in [-0.3, -0.25) is 9.69 Å². The third kappa shape index (κ3) is 5.02. The number of aryl methyl sites for hydroxylation is 1. The lowest BCUT2D eigenvalue weighted by Crippen LogP contribution is -2.48. The monoisotopic (exact) mass is 407 g/mol. The number of thiazole rings is 1. The standard InChI is InChI=1S/C23H25N3O2S/c1-18-5-2-3-6-20(18)14-25-9-11-26(12-10-25)23(27)19-7-4-8-22(13-19)28-15-21-16-29-17-24-21/h2-8,13,16-17H,9-12,14-15H2,1H3. The molecule has 3 aromatic rings. The third-order valence-electron chi connectivity index (χ3n) is 5.27. The van der Waals surface area contributed by atoms with Crippen molar-refractivity contribution in [2.75, 3.05) is 26.2 Å². The number of carbonyl (C=O) groups excluding carboxylic acids is 1. The Morgan fingerprint density at radius 3 is 2.69 bits per heavy atom. The summed E-state index contributed by atoms with van der Waals surface area (Å²) in [6.45, 7) is 6.77. The number of aromatic nitrogens is 1. The van der Waals surface area contributed by atoms with Crippen molar-refractivity contribution in [1.82, 2.24) is 14.8 Å². The lowest BCUT2D eigenvalue weighted by molar-refractivity contribution is 0.0627. The minimum Gasteiger partial charge on any atom is -0.487 e. The molecule has 1 fully saturated rings. The topological polar surface area (TPSA) is 45.7 Å². The van der Waals surface area contributed by atoms with Crippen LogP contribution in [0.2, 0.25) is 0 Å². The van der Waals surface area contributed by atoms with Crippen molar-refractivity contribution in [3.63, 3.8) is 0 Å². The Labute approximate surface area is 175 Å². The summed E-state index contributed by atoms with van der Waals surface area (Å²) in [5.41, 5.74) is 6.04. The zero-order valence-corrected chi connectivity index (χ0v) is 17.4. The van der Waals surface area contributed by atoms with E-state index in [-0.39, 0.29) is 5.91 Å². The summed E-state index contributed by atoms with van der Waals surface area (Å²) in [6, 6.07) is 15.9. The Hall–Kier alpha value is -2.70. The smallest absolute Gasteiger partial charge is 0.254 e. The number of piperazine rings is 1. The van der Waals surface area contributed by atoms with Crippen molar-refractivity contribution in [3.05, 3.63) is 81.8 Å². The van der Waals surface area contributed by atoms with Crippen molar-refractivity contribution in [2.45, 2.75) is 20.1 Å². The number of benzene rings is 2. The lowest BCUT2D eigenvalue weighted by atomic mass is 10.1. The average Bonchev–Trinajstić information content (AvgIpc) is 3.28. The molecule has 0 atom stereocenters. The molecule has 0 radical (unpaired) electrons. The van der Waals surface area contributed by atoms with Crippen LogP contribution in [0.5, 0.6) is 5.75 Å². The molecule has 2 heterocycles. The van der Waals surface area contributed by atoms with Crippen LogP contribution in [0, 0.1) is 6.92 Å². The first-order valence-electron chi connectivity index (χ1n) is 9.85. The van der Waals surface area contributed by atoms with Crippen LogP contribution in [0.15, 0.2) is 59.4 Å². The molecule has 0 bridgehead atoms. The Morgan fingerprint density at radius 1 is 1.10 bits per heavy atom. The highest BCUT2D eigenvalue weighted by Crippen LogP contribution is 2.18. The lowest BCUT2D eigenvalue weighted by Gasteiger charge is -2.35. The zero-order chi connectivity index (χ0) is 20.1. The molecule has 0 spiro atoms. The summed E-state index contributed by atoms with van der Waals surface area (Å²) in [4.78, 5) is 21.5. The quantitative estimate of drug-likeness (QED) is 0.620. The van der Waals surface area contributed by atoms with E-state index in [1.807, 2.05) is 34.5 Å². The maximum atomic E-state index is 12.9. The van der Waals surface area contributed by atoms with Crippen LogP contribution >= 0.6 is 11.3 Å². The van der Waals surface area contributed by atoms with Gasteiger partial charge in [0, 0.05) is 43.7 Å². The van der Waals surface area contributed by atoms with Crippen LogP contribution in [0.4, 0.5) is 0 Å². The van der Waals surface area contributed by atoms with Crippen LogP contribution in [0.1, 0.15) is 27.2 Å². The Kier molecular flexibility index (Phi) is 6.22. The van der Waals surface area contributed by atoms with Crippen LogP contribution in [0.25, 0.3) is 0 Å². The van der Waals surface area contributed by atoms with Crippen molar-refractivity contribution >= 4 is 17.2 Å². The summed E-state index contributed by atoms with van der Waals surface area (Å²) < 4.78 is 5.79. The summed E-state index contributed by atoms with van der Waals surface area (Å²) in [5.74, 6) is 0.765. The van der Waals surface area contributed by atoms with E-state index < -0.39 is 0 Å². The molecule has 4 rings (SSSR count). The van der Waals surface area contributed by atoms with Gasteiger partial charge >= 0.3 is 0 Å². The van der Waals surface area contributed by atoms with Crippen molar-refractivity contribution in [1.29, 1.82) is 0 Å². The van der Waals surface area contributed by atoms with E-state index in [2.05, 4.69) is 41.1 Å². The van der Waals surface area contributed by atoms with E-state index in [0.29, 0.717) is 17.9 Å². The zero-order valence-electron chi connectivity index (χ0n) is 16.6. The fraction of sp³-hybridized carbons (Fsp3) is 0.304. The molecule has 150 valence electrons. The highest BCUT2D eigenvalue weighted by molar-refractivity contribution is 7.07. The molecule has 1 saturated heterocycles. The molecule has 0 unspecified atom stereocenters. The molecule has 1 aromatic heterocycles. The second-order valence-electron chi connectivity index (χ2n) is 7.29. The largest absolute Gasteiger partial charge is 0.487 e. The van der Waals surface area contributed by atoms with Crippen LogP contribution in [-0.2, 0) is 13.2 Å². The minimum absolute atomic E-state index is 0.0691. The summed E-state index contributed by atoms with van der Waals surface area (Å²) >= 11 is 1.55. The highest BCUT2D eigenvalue weighted by Gasteiger charge is 2.22. The van der Waals surface area contributed by atoms with Gasteiger partial charge in [0.25, 0.3) is 5.91 Å². The van der Waals surface area contributed by atoms with Gasteiger partial charge < -0.3 is 9.64 Å². The molecule has 0 N–H and O–H groups in total. The molecular formula is C23H25N3O2S. The van der Waals surface area contributed by atoms with Crippen molar-refractivity contribution < 1.29 is 9.53 Å². The molecule has 1 aliphatic rings. The van der Waals surface area contributed by atoms with Gasteiger partial charge in [-0.25, -0.2) is 4.98 Å². The molecule has 29 heavy (non-hydrogen) atoms. The molecule has 0 saturated carbocycles. The Bertz CT molecular complexity index is 950. The van der Waals surface area contributed by atoms with E-state index in [1.165, 1.54) is 11.1 Å². The number of amides is 1. The summed E-state index contributed by atoms with van der Waals surface area (Å²) in [6.07, 6.45) is 0. The van der Waals surface area contributed by atoms with Gasteiger partial charge in [-0.05, 0) is 36.2 Å². The van der Waals surface area contributed by atoms with Gasteiger partial charge in [-0.1, -0.05) is 30.3 Å². The minimum atomic E-state index is 0.0691. The molecule has 5 nitrogen and oxygen atoms in total. The number of nitrogens with zero attached hydrogens (tertiary/aromatic N) is 3. The predicted molar refractivity (Wildman–Crippen MR) is 115 cm³/mol. The van der Waals surface area contributed by atoms with Crippen LogP contribution < -0.4 is 4.74 Å². The fourth-order valence-electron chi connectivity index (χ4n) is 3.51. The summed E-state index contributed by atoms with van der Waals surface area (Å²) in [5, 5.41) is 1.96. The van der Waals surface area contributed by atoms with Gasteiger partial charge in [-0.15, -0.1) is 11.3 Å². The first-order valence-corrected chi connectivity index (χ1v) is 10.8. The van der Waals surface area contributed by atoms with E-state index in [0.717, 1.165) is 38.4 Å². The van der Waals surface area contributed by atoms with Gasteiger partial charge in [0.1, 0.15) is 12.4 Å². The second-order valence-corrected chi connectivity index (χ2v) is 8.01. The van der Waals surface area contributed by atoms with Gasteiger partial charge in [0.15, 0.2) is 0 Å². The Balaban J connectivity index is 1.32. The normalized spacial score (nSPS) is 14.7.